The Hall–Kier alpha value is -2.37. The summed E-state index contributed by atoms with van der Waals surface area (Å²) in [5, 5.41) is 18.3. The van der Waals surface area contributed by atoms with Crippen LogP contribution in [0.1, 0.15) is 53.9 Å². The second kappa shape index (κ2) is 7.76. The first-order valence-corrected chi connectivity index (χ1v) is 7.83. The number of carbonyl (C=O) groups is 3. The van der Waals surface area contributed by atoms with Gasteiger partial charge >= 0.3 is 11.9 Å². The molecule has 124 valence electrons. The van der Waals surface area contributed by atoms with E-state index in [-0.39, 0.29) is 17.9 Å². The van der Waals surface area contributed by atoms with Crippen molar-refractivity contribution in [1.29, 1.82) is 0 Å². The Balaban J connectivity index is 2.10. The number of rotatable bonds is 5. The van der Waals surface area contributed by atoms with Crippen LogP contribution in [-0.4, -0.2) is 46.0 Å². The lowest BCUT2D eigenvalue weighted by molar-refractivity contribution is -0.142. The second-order valence-electron chi connectivity index (χ2n) is 5.82. The van der Waals surface area contributed by atoms with Crippen LogP contribution < -0.4 is 0 Å². The zero-order valence-electron chi connectivity index (χ0n) is 12.9. The summed E-state index contributed by atoms with van der Waals surface area (Å²) in [5.41, 5.74) is 0.544. The number of carboxylic acids is 2. The summed E-state index contributed by atoms with van der Waals surface area (Å²) < 4.78 is 0. The van der Waals surface area contributed by atoms with Gasteiger partial charge in [-0.1, -0.05) is 25.0 Å². The fourth-order valence-electron chi connectivity index (χ4n) is 2.83. The molecule has 0 spiro atoms. The van der Waals surface area contributed by atoms with Crippen LogP contribution >= 0.6 is 0 Å². The Labute approximate surface area is 134 Å². The Kier molecular flexibility index (Phi) is 5.73. The Morgan fingerprint density at radius 1 is 0.957 bits per heavy atom. The lowest BCUT2D eigenvalue weighted by Gasteiger charge is -2.22. The minimum atomic E-state index is -1.07. The smallest absolute Gasteiger partial charge is 0.335 e. The van der Waals surface area contributed by atoms with Gasteiger partial charge in [0, 0.05) is 19.5 Å². The molecule has 0 saturated carbocycles. The molecule has 6 nitrogen and oxygen atoms in total. The molecular formula is C17H21NO5. The molecule has 2 rings (SSSR count). The topological polar surface area (TPSA) is 94.9 Å². The Bertz CT molecular complexity index is 573. The van der Waals surface area contributed by atoms with E-state index in [1.165, 1.54) is 24.3 Å². The second-order valence-corrected chi connectivity index (χ2v) is 5.82. The third-order valence-corrected chi connectivity index (χ3v) is 4.20. The van der Waals surface area contributed by atoms with Crippen LogP contribution in [0.25, 0.3) is 0 Å². The van der Waals surface area contributed by atoms with Crippen molar-refractivity contribution < 1.29 is 24.6 Å². The van der Waals surface area contributed by atoms with E-state index >= 15 is 0 Å². The van der Waals surface area contributed by atoms with Gasteiger partial charge in [-0.2, -0.15) is 0 Å². The number of likely N-dealkylation sites (tertiary alicyclic amines) is 1. The van der Waals surface area contributed by atoms with E-state index in [2.05, 4.69) is 0 Å². The highest BCUT2D eigenvalue weighted by molar-refractivity contribution is 5.88. The first-order chi connectivity index (χ1) is 11.0. The molecule has 1 aromatic carbocycles. The van der Waals surface area contributed by atoms with Gasteiger partial charge in [-0.05, 0) is 30.5 Å². The number of benzene rings is 1. The molecule has 6 heteroatoms. The van der Waals surface area contributed by atoms with Gasteiger partial charge in [-0.15, -0.1) is 0 Å². The van der Waals surface area contributed by atoms with Crippen molar-refractivity contribution in [2.45, 2.75) is 38.0 Å². The van der Waals surface area contributed by atoms with E-state index in [1.54, 1.807) is 4.90 Å². The first kappa shape index (κ1) is 17.0. The molecule has 1 heterocycles. The minimum absolute atomic E-state index is 0.0942. The molecule has 23 heavy (non-hydrogen) atoms. The molecule has 1 unspecified atom stereocenters. The van der Waals surface area contributed by atoms with Crippen molar-refractivity contribution in [1.82, 2.24) is 4.90 Å². The maximum Gasteiger partial charge on any atom is 0.335 e. The number of amides is 1. The van der Waals surface area contributed by atoms with E-state index in [0.717, 1.165) is 25.7 Å². The van der Waals surface area contributed by atoms with E-state index in [0.29, 0.717) is 18.7 Å². The maximum absolute atomic E-state index is 12.4. The highest BCUT2D eigenvalue weighted by Crippen LogP contribution is 2.23. The summed E-state index contributed by atoms with van der Waals surface area (Å²) in [6.07, 6.45) is 4.01. The highest BCUT2D eigenvalue weighted by Gasteiger charge is 2.26. The van der Waals surface area contributed by atoms with E-state index < -0.39 is 17.9 Å². The molecule has 2 N–H and O–H groups in total. The van der Waals surface area contributed by atoms with Crippen molar-refractivity contribution in [2.24, 2.45) is 0 Å². The maximum atomic E-state index is 12.4. The molecule has 0 aliphatic carbocycles. The van der Waals surface area contributed by atoms with Crippen molar-refractivity contribution >= 4 is 17.8 Å². The normalized spacial score (nSPS) is 16.4. The van der Waals surface area contributed by atoms with Gasteiger partial charge in [-0.25, -0.2) is 4.79 Å². The Morgan fingerprint density at radius 2 is 1.52 bits per heavy atom. The van der Waals surface area contributed by atoms with Gasteiger partial charge in [0.05, 0.1) is 11.5 Å². The third-order valence-electron chi connectivity index (χ3n) is 4.20. The third kappa shape index (κ3) is 4.55. The molecule has 0 aromatic heterocycles. The largest absolute Gasteiger partial charge is 0.481 e. The van der Waals surface area contributed by atoms with Crippen LogP contribution in [0.5, 0.6) is 0 Å². The molecular weight excluding hydrogens is 298 g/mol. The lowest BCUT2D eigenvalue weighted by atomic mass is 9.94. The van der Waals surface area contributed by atoms with E-state index in [4.69, 9.17) is 5.11 Å². The predicted molar refractivity (Wildman–Crippen MR) is 83.4 cm³/mol. The summed E-state index contributed by atoms with van der Waals surface area (Å²) >= 11 is 0. The zero-order chi connectivity index (χ0) is 16.8. The Morgan fingerprint density at radius 3 is 2.00 bits per heavy atom. The summed E-state index contributed by atoms with van der Waals surface area (Å²) in [4.78, 5) is 36.5. The number of aliphatic carboxylic acids is 1. The van der Waals surface area contributed by atoms with Gasteiger partial charge in [0.15, 0.2) is 0 Å². The van der Waals surface area contributed by atoms with Crippen molar-refractivity contribution in [3.63, 3.8) is 0 Å². The average molecular weight is 319 g/mol. The number of hydrogen-bond acceptors (Lipinski definition) is 3. The number of nitrogens with zero attached hydrogens (tertiary/aromatic N) is 1. The monoisotopic (exact) mass is 319 g/mol. The van der Waals surface area contributed by atoms with Crippen LogP contribution in [-0.2, 0) is 9.59 Å². The molecule has 1 aliphatic heterocycles. The van der Waals surface area contributed by atoms with Gasteiger partial charge in [0.2, 0.25) is 5.91 Å². The lowest BCUT2D eigenvalue weighted by Crippen LogP contribution is -2.33. The average Bonchev–Trinajstić information content (AvgIpc) is 2.81. The van der Waals surface area contributed by atoms with Crippen molar-refractivity contribution in [3.05, 3.63) is 35.4 Å². The predicted octanol–water partition coefficient (Wildman–Crippen LogP) is 2.35. The minimum Gasteiger partial charge on any atom is -0.481 e. The molecule has 1 amide bonds. The standard InChI is InChI=1S/C17H21NO5/c19-15(18-9-3-1-2-4-10-18)11-14(17(22)23)12-5-7-13(8-6-12)16(20)21/h5-8,14H,1-4,9-11H2,(H,20,21)(H,22,23). The zero-order valence-corrected chi connectivity index (χ0v) is 12.9. The van der Waals surface area contributed by atoms with Crippen molar-refractivity contribution in [2.75, 3.05) is 13.1 Å². The summed E-state index contributed by atoms with van der Waals surface area (Å²) in [6, 6.07) is 5.67. The van der Waals surface area contributed by atoms with Crippen LogP contribution in [0, 0.1) is 0 Å². The molecule has 1 saturated heterocycles. The molecule has 1 aromatic rings. The molecule has 0 radical (unpaired) electrons. The summed E-state index contributed by atoms with van der Waals surface area (Å²) in [6.45, 7) is 1.37. The highest BCUT2D eigenvalue weighted by atomic mass is 16.4. The SMILES string of the molecule is O=C(O)c1ccc(C(CC(=O)N2CCCCCC2)C(=O)O)cc1. The molecule has 0 bridgehead atoms. The summed E-state index contributed by atoms with van der Waals surface area (Å²) in [5.74, 6) is -3.24. The van der Waals surface area contributed by atoms with Crippen LogP contribution in [0.4, 0.5) is 0 Å². The van der Waals surface area contributed by atoms with Gasteiger partial charge in [-0.3, -0.25) is 9.59 Å². The number of aromatic carboxylic acids is 1. The van der Waals surface area contributed by atoms with E-state index in [9.17, 15) is 19.5 Å². The van der Waals surface area contributed by atoms with Gasteiger partial charge < -0.3 is 15.1 Å². The van der Waals surface area contributed by atoms with Gasteiger partial charge in [0.1, 0.15) is 0 Å². The molecule has 1 fully saturated rings. The fraction of sp³-hybridized carbons (Fsp3) is 0.471. The molecule has 1 atom stereocenters. The summed E-state index contributed by atoms with van der Waals surface area (Å²) in [7, 11) is 0. The first-order valence-electron chi connectivity index (χ1n) is 7.83. The van der Waals surface area contributed by atoms with E-state index in [1.807, 2.05) is 0 Å². The van der Waals surface area contributed by atoms with Crippen LogP contribution in [0.2, 0.25) is 0 Å². The number of hydrogen-bond donors (Lipinski definition) is 2. The quantitative estimate of drug-likeness (QED) is 0.868. The fourth-order valence-corrected chi connectivity index (χ4v) is 2.83. The number of carboxylic acid groups (broad SMARTS) is 2. The molecule has 1 aliphatic rings. The number of carbonyl (C=O) groups excluding carboxylic acids is 1. The van der Waals surface area contributed by atoms with Gasteiger partial charge in [0.25, 0.3) is 0 Å². The van der Waals surface area contributed by atoms with Crippen LogP contribution in [0.3, 0.4) is 0 Å². The van der Waals surface area contributed by atoms with Crippen molar-refractivity contribution in [3.8, 4) is 0 Å². The van der Waals surface area contributed by atoms with Crippen LogP contribution in [0.15, 0.2) is 24.3 Å².